The van der Waals surface area contributed by atoms with Crippen molar-refractivity contribution in [3.8, 4) is 0 Å². The molecule has 0 aromatic heterocycles. The molecular formula is C18H27N3O. The number of hydrogen-bond donors (Lipinski definition) is 2. The van der Waals surface area contributed by atoms with Gasteiger partial charge in [0.05, 0.1) is 0 Å². The van der Waals surface area contributed by atoms with Crippen molar-refractivity contribution in [2.24, 2.45) is 17.8 Å². The van der Waals surface area contributed by atoms with Crippen LogP contribution in [0.15, 0.2) is 18.2 Å². The normalized spacial score (nSPS) is 24.5. The van der Waals surface area contributed by atoms with Gasteiger partial charge in [-0.1, -0.05) is 6.07 Å². The molecule has 4 nitrogen and oxygen atoms in total. The number of nitrogens with zero attached hydrogens (tertiary/aromatic N) is 1. The molecule has 3 atom stereocenters. The Labute approximate surface area is 133 Å². The summed E-state index contributed by atoms with van der Waals surface area (Å²) in [5.74, 6) is 2.80. The summed E-state index contributed by atoms with van der Waals surface area (Å²) in [6, 6.07) is 6.47. The van der Waals surface area contributed by atoms with E-state index in [0.717, 1.165) is 29.1 Å². The Kier molecular flexibility index (Phi) is 4.02. The van der Waals surface area contributed by atoms with Gasteiger partial charge in [-0.05, 0) is 68.6 Å². The number of nitrogens with one attached hydrogen (secondary N) is 2. The zero-order chi connectivity index (χ0) is 15.9. The molecular weight excluding hydrogens is 274 g/mol. The van der Waals surface area contributed by atoms with E-state index in [2.05, 4.69) is 30.5 Å². The fourth-order valence-corrected chi connectivity index (χ4v) is 3.32. The second kappa shape index (κ2) is 5.82. The van der Waals surface area contributed by atoms with Crippen LogP contribution in [0.2, 0.25) is 0 Å². The van der Waals surface area contributed by atoms with Gasteiger partial charge in [0.1, 0.15) is 0 Å². The van der Waals surface area contributed by atoms with E-state index in [9.17, 15) is 4.79 Å². The molecule has 22 heavy (non-hydrogen) atoms. The highest BCUT2D eigenvalue weighted by atomic mass is 16.2. The summed E-state index contributed by atoms with van der Waals surface area (Å²) >= 11 is 0. The van der Waals surface area contributed by atoms with Crippen LogP contribution < -0.4 is 10.6 Å². The van der Waals surface area contributed by atoms with E-state index in [4.69, 9.17) is 0 Å². The van der Waals surface area contributed by atoms with Crippen molar-refractivity contribution in [3.63, 3.8) is 0 Å². The molecule has 2 fully saturated rings. The monoisotopic (exact) mass is 301 g/mol. The highest BCUT2D eigenvalue weighted by Gasteiger charge is 2.49. The first-order valence-electron chi connectivity index (χ1n) is 8.31. The van der Waals surface area contributed by atoms with Gasteiger partial charge in [0.15, 0.2) is 0 Å². The van der Waals surface area contributed by atoms with Crippen LogP contribution in [0.3, 0.4) is 0 Å². The van der Waals surface area contributed by atoms with Gasteiger partial charge in [-0.25, -0.2) is 4.79 Å². The summed E-state index contributed by atoms with van der Waals surface area (Å²) < 4.78 is 0. The standard InChI is InChI=1S/C18H27N3O/c1-11-5-8-14(20-18(22)21(3)4)9-17(11)19-12(2)15-10-16(15)13-6-7-13/h5,8-9,12-13,15-16,19H,6-7,10H2,1-4H3,(H,20,22)/t12?,15-,16-/m0/s1. The number of carbonyl (C=O) groups is 1. The smallest absolute Gasteiger partial charge is 0.321 e. The lowest BCUT2D eigenvalue weighted by atomic mass is 10.1. The Bertz CT molecular complexity index is 565. The third-order valence-electron chi connectivity index (χ3n) is 5.04. The summed E-state index contributed by atoms with van der Waals surface area (Å²) in [6.45, 7) is 4.40. The minimum absolute atomic E-state index is 0.0983. The van der Waals surface area contributed by atoms with Crippen LogP contribution in [0.5, 0.6) is 0 Å². The number of anilines is 2. The Balaban J connectivity index is 1.63. The third kappa shape index (κ3) is 3.37. The summed E-state index contributed by atoms with van der Waals surface area (Å²) in [5.41, 5.74) is 3.19. The number of rotatable bonds is 5. The van der Waals surface area contributed by atoms with Crippen molar-refractivity contribution in [2.75, 3.05) is 24.7 Å². The zero-order valence-electron chi connectivity index (χ0n) is 14.0. The molecule has 1 aromatic carbocycles. The van der Waals surface area contributed by atoms with Gasteiger partial charge < -0.3 is 15.5 Å². The number of carbonyl (C=O) groups excluding carboxylic acids is 1. The minimum atomic E-state index is -0.0983. The van der Waals surface area contributed by atoms with Gasteiger partial charge in [0.2, 0.25) is 0 Å². The Morgan fingerprint density at radius 1 is 1.32 bits per heavy atom. The van der Waals surface area contributed by atoms with Crippen molar-refractivity contribution < 1.29 is 4.79 Å². The molecule has 2 N–H and O–H groups in total. The number of benzene rings is 1. The third-order valence-corrected chi connectivity index (χ3v) is 5.04. The number of aryl methyl sites for hydroxylation is 1. The van der Waals surface area contributed by atoms with Crippen molar-refractivity contribution in [2.45, 2.75) is 39.2 Å². The molecule has 4 heteroatoms. The maximum Gasteiger partial charge on any atom is 0.321 e. The van der Waals surface area contributed by atoms with Crippen LogP contribution in [-0.2, 0) is 0 Å². The van der Waals surface area contributed by atoms with Crippen molar-refractivity contribution in [1.29, 1.82) is 0 Å². The number of amides is 2. The largest absolute Gasteiger partial charge is 0.382 e. The van der Waals surface area contributed by atoms with E-state index >= 15 is 0 Å². The Morgan fingerprint density at radius 2 is 2.05 bits per heavy atom. The minimum Gasteiger partial charge on any atom is -0.382 e. The topological polar surface area (TPSA) is 44.4 Å². The molecule has 0 heterocycles. The zero-order valence-corrected chi connectivity index (χ0v) is 14.0. The Hall–Kier alpha value is -1.71. The molecule has 2 aliphatic rings. The van der Waals surface area contributed by atoms with Crippen LogP contribution in [-0.4, -0.2) is 31.1 Å². The van der Waals surface area contributed by atoms with Gasteiger partial charge in [-0.3, -0.25) is 0 Å². The molecule has 120 valence electrons. The maximum atomic E-state index is 11.8. The lowest BCUT2D eigenvalue weighted by Crippen LogP contribution is -2.27. The second-order valence-electron chi connectivity index (χ2n) is 7.19. The highest BCUT2D eigenvalue weighted by Crippen LogP contribution is 2.55. The van der Waals surface area contributed by atoms with Gasteiger partial charge >= 0.3 is 6.03 Å². The molecule has 0 aliphatic heterocycles. The second-order valence-corrected chi connectivity index (χ2v) is 7.19. The number of hydrogen-bond acceptors (Lipinski definition) is 2. The molecule has 0 saturated heterocycles. The molecule has 1 unspecified atom stereocenters. The Morgan fingerprint density at radius 3 is 2.68 bits per heavy atom. The lowest BCUT2D eigenvalue weighted by Gasteiger charge is -2.19. The first kappa shape index (κ1) is 15.2. The van der Waals surface area contributed by atoms with E-state index in [1.807, 2.05) is 12.1 Å². The average Bonchev–Trinajstić information content (AvgIpc) is 3.34. The molecule has 2 aliphatic carbocycles. The van der Waals surface area contributed by atoms with Gasteiger partial charge in [0.25, 0.3) is 0 Å². The molecule has 0 spiro atoms. The summed E-state index contributed by atoms with van der Waals surface area (Å²) in [5, 5.41) is 6.57. The van der Waals surface area contributed by atoms with Gasteiger partial charge in [0, 0.05) is 31.5 Å². The summed E-state index contributed by atoms with van der Waals surface area (Å²) in [4.78, 5) is 13.3. The first-order chi connectivity index (χ1) is 10.5. The van der Waals surface area contributed by atoms with E-state index in [1.165, 1.54) is 24.8 Å². The lowest BCUT2D eigenvalue weighted by molar-refractivity contribution is 0.230. The first-order valence-corrected chi connectivity index (χ1v) is 8.31. The van der Waals surface area contributed by atoms with E-state index in [-0.39, 0.29) is 6.03 Å². The van der Waals surface area contributed by atoms with Crippen molar-refractivity contribution >= 4 is 17.4 Å². The molecule has 2 saturated carbocycles. The van der Waals surface area contributed by atoms with E-state index in [1.54, 1.807) is 19.0 Å². The molecule has 0 bridgehead atoms. The van der Waals surface area contributed by atoms with Crippen LogP contribution in [0.25, 0.3) is 0 Å². The van der Waals surface area contributed by atoms with Crippen LogP contribution >= 0.6 is 0 Å². The van der Waals surface area contributed by atoms with Gasteiger partial charge in [-0.15, -0.1) is 0 Å². The predicted molar refractivity (Wildman–Crippen MR) is 91.3 cm³/mol. The quantitative estimate of drug-likeness (QED) is 0.865. The van der Waals surface area contributed by atoms with Crippen LogP contribution in [0.1, 0.15) is 31.7 Å². The summed E-state index contributed by atoms with van der Waals surface area (Å²) in [7, 11) is 3.49. The summed E-state index contributed by atoms with van der Waals surface area (Å²) in [6.07, 6.45) is 4.27. The highest BCUT2D eigenvalue weighted by molar-refractivity contribution is 5.89. The molecule has 0 radical (unpaired) electrons. The van der Waals surface area contributed by atoms with Crippen LogP contribution in [0.4, 0.5) is 16.2 Å². The van der Waals surface area contributed by atoms with Crippen molar-refractivity contribution in [1.82, 2.24) is 4.90 Å². The fraction of sp³-hybridized carbons (Fsp3) is 0.611. The molecule has 2 amide bonds. The van der Waals surface area contributed by atoms with E-state index in [0.29, 0.717) is 6.04 Å². The fourth-order valence-electron chi connectivity index (χ4n) is 3.32. The van der Waals surface area contributed by atoms with E-state index < -0.39 is 0 Å². The SMILES string of the molecule is Cc1ccc(NC(=O)N(C)C)cc1NC(C)[C@@H]1C[C@H]1C1CC1. The number of urea groups is 1. The average molecular weight is 301 g/mol. The molecule has 1 aromatic rings. The predicted octanol–water partition coefficient (Wildman–Crippen LogP) is 3.94. The van der Waals surface area contributed by atoms with Crippen molar-refractivity contribution in [3.05, 3.63) is 23.8 Å². The maximum absolute atomic E-state index is 11.8. The van der Waals surface area contributed by atoms with Crippen LogP contribution in [0, 0.1) is 24.7 Å². The van der Waals surface area contributed by atoms with Gasteiger partial charge in [-0.2, -0.15) is 0 Å². The molecule has 3 rings (SSSR count).